The number of unbranched alkanes of at least 4 members (excludes halogenated alkanes) is 1. The van der Waals surface area contributed by atoms with Gasteiger partial charge in [0.2, 0.25) is 5.91 Å². The monoisotopic (exact) mass is 664 g/mol. The summed E-state index contributed by atoms with van der Waals surface area (Å²) in [7, 11) is -1.04. The summed E-state index contributed by atoms with van der Waals surface area (Å²) >= 11 is 0. The molecule has 9 nitrogen and oxygen atoms in total. The first kappa shape index (κ1) is 38.6. The van der Waals surface area contributed by atoms with E-state index in [2.05, 4.69) is 12.2 Å². The molecule has 2 amide bonds. The molecule has 1 heterocycles. The molecule has 2 aliphatic rings. The van der Waals surface area contributed by atoms with E-state index in [9.17, 15) is 24.0 Å². The van der Waals surface area contributed by atoms with Gasteiger partial charge >= 0.3 is 0 Å². The van der Waals surface area contributed by atoms with Crippen LogP contribution < -0.4 is 5.32 Å². The number of benzene rings is 1. The van der Waals surface area contributed by atoms with Crippen molar-refractivity contribution in [2.75, 3.05) is 25.3 Å². The summed E-state index contributed by atoms with van der Waals surface area (Å²) in [5.74, 6) is 0.287. The van der Waals surface area contributed by atoms with E-state index in [0.29, 0.717) is 57.5 Å². The van der Waals surface area contributed by atoms with Crippen LogP contribution in [0.25, 0.3) is 0 Å². The third-order valence-corrected chi connectivity index (χ3v) is 9.83. The number of carbonyl (C=O) groups excluding carboxylic acids is 2. The standard InChI is InChI=1S/C36H60N2O7S/c1-5-6-17-32(35(41)37-30(23-27-13-9-7-10-14-27)34(40)31(39)22-26(2)3)45-33(24-28-15-11-8-12-16-28)36(42)38-20-18-29(19-21-38)44-25-46(4)43/h8,11-12,15-16,26-27,29-34,39-40H,5-7,9-10,13-14,17-25H2,1-4H3,(H,37,41)/t30-,31-,32-,33-,34+,46?/m0/s1. The first-order valence-corrected chi connectivity index (χ1v) is 19.4. The number of hydrogen-bond acceptors (Lipinski definition) is 7. The predicted molar refractivity (Wildman–Crippen MR) is 183 cm³/mol. The van der Waals surface area contributed by atoms with Crippen LogP contribution in [0.4, 0.5) is 0 Å². The van der Waals surface area contributed by atoms with E-state index in [1.165, 1.54) is 6.42 Å². The van der Waals surface area contributed by atoms with E-state index in [1.807, 2.05) is 44.2 Å². The van der Waals surface area contributed by atoms with Gasteiger partial charge < -0.3 is 29.9 Å². The highest BCUT2D eigenvalue weighted by atomic mass is 32.2. The Morgan fingerprint density at radius 2 is 1.70 bits per heavy atom. The van der Waals surface area contributed by atoms with Crippen molar-refractivity contribution in [3.05, 3.63) is 35.9 Å². The minimum atomic E-state index is -1.09. The number of hydrogen-bond donors (Lipinski definition) is 3. The van der Waals surface area contributed by atoms with E-state index in [1.54, 1.807) is 11.2 Å². The Morgan fingerprint density at radius 1 is 1.02 bits per heavy atom. The van der Waals surface area contributed by atoms with Crippen molar-refractivity contribution in [2.24, 2.45) is 11.8 Å². The molecule has 3 rings (SSSR count). The van der Waals surface area contributed by atoms with E-state index in [0.717, 1.165) is 44.1 Å². The Morgan fingerprint density at radius 3 is 2.30 bits per heavy atom. The molecule has 1 unspecified atom stereocenters. The maximum atomic E-state index is 14.0. The Kier molecular flexibility index (Phi) is 17.2. The predicted octanol–water partition coefficient (Wildman–Crippen LogP) is 4.74. The fraction of sp³-hybridized carbons (Fsp3) is 0.778. The van der Waals surface area contributed by atoms with E-state index >= 15 is 0 Å². The number of likely N-dealkylation sites (tertiary alicyclic amines) is 1. The summed E-state index contributed by atoms with van der Waals surface area (Å²) in [5, 5.41) is 25.3. The highest BCUT2D eigenvalue weighted by Crippen LogP contribution is 2.29. The summed E-state index contributed by atoms with van der Waals surface area (Å²) in [4.78, 5) is 29.8. The lowest BCUT2D eigenvalue weighted by Gasteiger charge is -2.36. The second-order valence-corrected chi connectivity index (χ2v) is 15.3. The fourth-order valence-corrected chi connectivity index (χ4v) is 7.13. The number of rotatable bonds is 19. The molecule has 3 N–H and O–H groups in total. The zero-order valence-corrected chi connectivity index (χ0v) is 29.4. The van der Waals surface area contributed by atoms with Gasteiger partial charge in [-0.05, 0) is 49.5 Å². The minimum Gasteiger partial charge on any atom is -0.390 e. The molecule has 1 aliphatic heterocycles. The number of nitrogens with zero attached hydrogens (tertiary/aromatic N) is 1. The summed E-state index contributed by atoms with van der Waals surface area (Å²) < 4.78 is 23.8. The molecule has 1 aromatic rings. The van der Waals surface area contributed by atoms with Crippen molar-refractivity contribution >= 4 is 22.6 Å². The summed E-state index contributed by atoms with van der Waals surface area (Å²) in [6.07, 6.45) is 8.17. The van der Waals surface area contributed by atoms with Crippen LogP contribution in [-0.2, 0) is 36.3 Å². The molecular formula is C36H60N2O7S. The molecule has 0 spiro atoms. The average Bonchev–Trinajstić information content (AvgIpc) is 3.05. The van der Waals surface area contributed by atoms with Gasteiger partial charge in [-0.25, -0.2) is 0 Å². The van der Waals surface area contributed by atoms with Crippen LogP contribution in [0, 0.1) is 11.8 Å². The molecule has 6 atom stereocenters. The van der Waals surface area contributed by atoms with Gasteiger partial charge in [-0.1, -0.05) is 96.0 Å². The lowest BCUT2D eigenvalue weighted by atomic mass is 9.82. The zero-order chi connectivity index (χ0) is 33.5. The molecule has 46 heavy (non-hydrogen) atoms. The normalized spacial score (nSPS) is 20.5. The Balaban J connectivity index is 1.78. The van der Waals surface area contributed by atoms with Crippen molar-refractivity contribution in [1.29, 1.82) is 0 Å². The smallest absolute Gasteiger partial charge is 0.252 e. The second kappa shape index (κ2) is 20.5. The number of carbonyl (C=O) groups is 2. The van der Waals surface area contributed by atoms with Crippen molar-refractivity contribution < 1.29 is 33.5 Å². The molecule has 0 aromatic heterocycles. The lowest BCUT2D eigenvalue weighted by molar-refractivity contribution is -0.156. The van der Waals surface area contributed by atoms with Gasteiger partial charge in [-0.2, -0.15) is 0 Å². The third-order valence-electron chi connectivity index (χ3n) is 9.36. The minimum absolute atomic E-state index is 0.0388. The van der Waals surface area contributed by atoms with Gasteiger partial charge in [0.25, 0.3) is 5.91 Å². The SMILES string of the molecule is CCCC[C@H](O[C@@H](Cc1ccccc1)C(=O)N1CCC(OCS(C)=O)CC1)C(=O)N[C@@H](CC1CCCCC1)[C@@H](O)[C@@H](O)CC(C)C. The second-order valence-electron chi connectivity index (χ2n) is 13.9. The molecule has 1 saturated carbocycles. The quantitative estimate of drug-likeness (QED) is 0.195. The third kappa shape index (κ3) is 13.3. The Bertz CT molecular complexity index is 1040. The topological polar surface area (TPSA) is 125 Å². The van der Waals surface area contributed by atoms with Crippen LogP contribution >= 0.6 is 0 Å². The molecule has 2 fully saturated rings. The van der Waals surface area contributed by atoms with Crippen LogP contribution in [0.3, 0.4) is 0 Å². The number of amides is 2. The molecule has 1 saturated heterocycles. The number of aliphatic hydroxyl groups excluding tert-OH is 2. The fourth-order valence-electron chi connectivity index (χ4n) is 6.74. The molecule has 0 bridgehead atoms. The maximum absolute atomic E-state index is 14.0. The van der Waals surface area contributed by atoms with Crippen LogP contribution in [0.1, 0.15) is 103 Å². The Labute approximate surface area is 279 Å². The van der Waals surface area contributed by atoms with Crippen LogP contribution in [0.5, 0.6) is 0 Å². The lowest BCUT2D eigenvalue weighted by Crippen LogP contribution is -2.54. The molecule has 0 radical (unpaired) electrons. The summed E-state index contributed by atoms with van der Waals surface area (Å²) in [6.45, 7) is 7.07. The summed E-state index contributed by atoms with van der Waals surface area (Å²) in [5.41, 5.74) is 0.946. The average molecular weight is 665 g/mol. The van der Waals surface area contributed by atoms with Gasteiger partial charge in [0.1, 0.15) is 24.3 Å². The zero-order valence-electron chi connectivity index (χ0n) is 28.6. The van der Waals surface area contributed by atoms with Gasteiger partial charge in [0.15, 0.2) is 0 Å². The van der Waals surface area contributed by atoms with Gasteiger partial charge in [0, 0.05) is 36.6 Å². The van der Waals surface area contributed by atoms with Gasteiger partial charge in [-0.15, -0.1) is 0 Å². The first-order chi connectivity index (χ1) is 22.1. The Hall–Kier alpha value is -1.85. The largest absolute Gasteiger partial charge is 0.390 e. The van der Waals surface area contributed by atoms with E-state index in [4.69, 9.17) is 9.47 Å². The highest BCUT2D eigenvalue weighted by Gasteiger charge is 2.36. The number of piperidine rings is 1. The molecule has 1 aliphatic carbocycles. The molecular weight excluding hydrogens is 604 g/mol. The van der Waals surface area contributed by atoms with Crippen LogP contribution in [-0.4, -0.2) is 93.0 Å². The van der Waals surface area contributed by atoms with Crippen molar-refractivity contribution in [1.82, 2.24) is 10.2 Å². The molecule has 10 heteroatoms. The summed E-state index contributed by atoms with van der Waals surface area (Å²) in [6, 6.07) is 9.11. The van der Waals surface area contributed by atoms with E-state index in [-0.39, 0.29) is 29.8 Å². The molecule has 1 aromatic carbocycles. The number of ether oxygens (including phenoxy) is 2. The number of aliphatic hydroxyl groups is 2. The van der Waals surface area contributed by atoms with Crippen molar-refractivity contribution in [2.45, 2.75) is 141 Å². The first-order valence-electron chi connectivity index (χ1n) is 17.6. The van der Waals surface area contributed by atoms with Crippen LogP contribution in [0.15, 0.2) is 30.3 Å². The van der Waals surface area contributed by atoms with Crippen LogP contribution in [0.2, 0.25) is 0 Å². The van der Waals surface area contributed by atoms with Gasteiger partial charge in [0.05, 0.1) is 18.2 Å². The highest BCUT2D eigenvalue weighted by molar-refractivity contribution is 7.84. The number of nitrogens with one attached hydrogen (secondary N) is 1. The molecule has 262 valence electrons. The van der Waals surface area contributed by atoms with E-state index < -0.39 is 41.3 Å². The van der Waals surface area contributed by atoms with Gasteiger partial charge in [-0.3, -0.25) is 13.8 Å². The van der Waals surface area contributed by atoms with Crippen molar-refractivity contribution in [3.8, 4) is 0 Å². The van der Waals surface area contributed by atoms with Crippen molar-refractivity contribution in [3.63, 3.8) is 0 Å². The maximum Gasteiger partial charge on any atom is 0.252 e.